The number of carbonyl (C=O) groups excluding carboxylic acids is 1. The predicted molar refractivity (Wildman–Crippen MR) is 73.5 cm³/mol. The van der Waals surface area contributed by atoms with Crippen LogP contribution in [0.1, 0.15) is 30.4 Å². The number of ketones is 1. The Labute approximate surface area is 116 Å². The van der Waals surface area contributed by atoms with Crippen molar-refractivity contribution in [2.45, 2.75) is 25.9 Å². The van der Waals surface area contributed by atoms with Gasteiger partial charge >= 0.3 is 0 Å². The molecule has 0 saturated carbocycles. The van der Waals surface area contributed by atoms with Crippen LogP contribution in [0.3, 0.4) is 0 Å². The standard InChI is InChI=1S/C14H16BrNO2/c15-9-14(17)6-1-2-7-18-11-13-5-3-4-12(8-13)10-16/h3-5,8H,1-2,6-7,9,11H2. The first-order chi connectivity index (χ1) is 8.76. The van der Waals surface area contributed by atoms with Crippen LogP contribution in [0.2, 0.25) is 0 Å². The number of ether oxygens (including phenoxy) is 1. The van der Waals surface area contributed by atoms with Gasteiger partial charge in [0.1, 0.15) is 5.78 Å². The largest absolute Gasteiger partial charge is 0.377 e. The normalized spacial score (nSPS) is 10.0. The Morgan fingerprint density at radius 1 is 1.39 bits per heavy atom. The molecular formula is C14H16BrNO2. The molecule has 18 heavy (non-hydrogen) atoms. The van der Waals surface area contributed by atoms with E-state index in [9.17, 15) is 4.79 Å². The number of carbonyl (C=O) groups is 1. The van der Waals surface area contributed by atoms with Gasteiger partial charge in [-0.05, 0) is 30.5 Å². The summed E-state index contributed by atoms with van der Waals surface area (Å²) < 4.78 is 5.50. The van der Waals surface area contributed by atoms with E-state index >= 15 is 0 Å². The van der Waals surface area contributed by atoms with Gasteiger partial charge in [-0.1, -0.05) is 28.1 Å². The number of unbranched alkanes of at least 4 members (excludes halogenated alkanes) is 1. The van der Waals surface area contributed by atoms with Gasteiger partial charge in [0.15, 0.2) is 0 Å². The number of hydrogen-bond acceptors (Lipinski definition) is 3. The maximum absolute atomic E-state index is 11.0. The third kappa shape index (κ3) is 5.95. The van der Waals surface area contributed by atoms with Crippen LogP contribution in [0.4, 0.5) is 0 Å². The van der Waals surface area contributed by atoms with E-state index in [1.165, 1.54) is 0 Å². The highest BCUT2D eigenvalue weighted by atomic mass is 79.9. The molecule has 0 radical (unpaired) electrons. The Kier molecular flexibility index (Phi) is 7.31. The minimum atomic E-state index is 0.233. The average Bonchev–Trinajstić information content (AvgIpc) is 2.42. The van der Waals surface area contributed by atoms with Gasteiger partial charge in [-0.25, -0.2) is 0 Å². The highest BCUT2D eigenvalue weighted by Crippen LogP contribution is 2.06. The zero-order chi connectivity index (χ0) is 13.2. The van der Waals surface area contributed by atoms with Gasteiger partial charge in [-0.15, -0.1) is 0 Å². The quantitative estimate of drug-likeness (QED) is 0.547. The summed E-state index contributed by atoms with van der Waals surface area (Å²) in [5.74, 6) is 0.233. The molecule has 96 valence electrons. The molecule has 0 amide bonds. The molecule has 1 rings (SSSR count). The lowest BCUT2D eigenvalue weighted by molar-refractivity contribution is -0.116. The molecule has 0 spiro atoms. The van der Waals surface area contributed by atoms with Crippen molar-refractivity contribution in [3.63, 3.8) is 0 Å². The molecule has 0 aromatic heterocycles. The molecule has 0 fully saturated rings. The summed E-state index contributed by atoms with van der Waals surface area (Å²) in [5.41, 5.74) is 1.66. The van der Waals surface area contributed by atoms with Crippen molar-refractivity contribution in [1.29, 1.82) is 5.26 Å². The molecule has 0 aliphatic carbocycles. The van der Waals surface area contributed by atoms with Gasteiger partial charge < -0.3 is 4.74 Å². The van der Waals surface area contributed by atoms with Gasteiger partial charge in [-0.3, -0.25) is 4.79 Å². The fraction of sp³-hybridized carbons (Fsp3) is 0.429. The molecule has 0 aliphatic heterocycles. The summed E-state index contributed by atoms with van der Waals surface area (Å²) in [7, 11) is 0. The molecule has 0 bridgehead atoms. The Bertz CT molecular complexity index is 426. The van der Waals surface area contributed by atoms with Gasteiger partial charge in [0.05, 0.1) is 23.6 Å². The second-order valence-corrected chi connectivity index (χ2v) is 4.55. The number of alkyl halides is 1. The Hall–Kier alpha value is -1.18. The second-order valence-electron chi connectivity index (χ2n) is 3.99. The van der Waals surface area contributed by atoms with Crippen molar-refractivity contribution in [3.8, 4) is 6.07 Å². The molecule has 0 unspecified atom stereocenters. The molecular weight excluding hydrogens is 294 g/mol. The third-order valence-corrected chi connectivity index (χ3v) is 3.09. The Balaban J connectivity index is 2.14. The molecule has 0 aliphatic rings. The van der Waals surface area contributed by atoms with Crippen LogP contribution in [0.25, 0.3) is 0 Å². The van der Waals surface area contributed by atoms with E-state index < -0.39 is 0 Å². The first-order valence-corrected chi connectivity index (χ1v) is 7.03. The maximum atomic E-state index is 11.0. The van der Waals surface area contributed by atoms with Crippen LogP contribution >= 0.6 is 15.9 Å². The fourth-order valence-corrected chi connectivity index (χ4v) is 1.79. The summed E-state index contributed by atoms with van der Waals surface area (Å²) in [6.45, 7) is 1.16. The van der Waals surface area contributed by atoms with Crippen LogP contribution in [-0.4, -0.2) is 17.7 Å². The van der Waals surface area contributed by atoms with E-state index in [4.69, 9.17) is 10.00 Å². The third-order valence-electron chi connectivity index (χ3n) is 2.47. The van der Waals surface area contributed by atoms with Gasteiger partial charge in [0.2, 0.25) is 0 Å². The molecule has 0 atom stereocenters. The second kappa shape index (κ2) is 8.84. The van der Waals surface area contributed by atoms with Crippen molar-refractivity contribution in [2.24, 2.45) is 0 Å². The summed E-state index contributed by atoms with van der Waals surface area (Å²) in [4.78, 5) is 11.0. The maximum Gasteiger partial charge on any atom is 0.143 e. The minimum Gasteiger partial charge on any atom is -0.377 e. The fourth-order valence-electron chi connectivity index (χ4n) is 1.51. The SMILES string of the molecule is N#Cc1cccc(COCCCCC(=O)CBr)c1. The molecule has 1 aromatic rings. The van der Waals surface area contributed by atoms with Gasteiger partial charge in [0, 0.05) is 13.0 Å². The lowest BCUT2D eigenvalue weighted by atomic mass is 10.1. The Morgan fingerprint density at radius 2 is 2.22 bits per heavy atom. The van der Waals surface area contributed by atoms with Crippen molar-refractivity contribution < 1.29 is 9.53 Å². The predicted octanol–water partition coefficient (Wildman–Crippen LogP) is 3.21. The highest BCUT2D eigenvalue weighted by Gasteiger charge is 1.99. The first-order valence-electron chi connectivity index (χ1n) is 5.90. The van der Waals surface area contributed by atoms with Crippen molar-refractivity contribution >= 4 is 21.7 Å². The topological polar surface area (TPSA) is 50.1 Å². The molecule has 1 aromatic carbocycles. The molecule has 0 heterocycles. The molecule has 4 heteroatoms. The van der Waals surface area contributed by atoms with E-state index in [1.54, 1.807) is 6.07 Å². The molecule has 0 saturated heterocycles. The monoisotopic (exact) mass is 309 g/mol. The zero-order valence-corrected chi connectivity index (χ0v) is 11.8. The Morgan fingerprint density at radius 3 is 2.94 bits per heavy atom. The van der Waals surface area contributed by atoms with E-state index in [1.807, 2.05) is 18.2 Å². The first kappa shape index (κ1) is 14.9. The number of rotatable bonds is 8. The molecule has 0 N–H and O–H groups in total. The van der Waals surface area contributed by atoms with E-state index in [-0.39, 0.29) is 5.78 Å². The van der Waals surface area contributed by atoms with Crippen LogP contribution in [0.5, 0.6) is 0 Å². The van der Waals surface area contributed by atoms with E-state index in [2.05, 4.69) is 22.0 Å². The smallest absolute Gasteiger partial charge is 0.143 e. The van der Waals surface area contributed by atoms with Gasteiger partial charge in [-0.2, -0.15) is 5.26 Å². The zero-order valence-electron chi connectivity index (χ0n) is 10.2. The van der Waals surface area contributed by atoms with E-state index in [0.717, 1.165) is 18.4 Å². The van der Waals surface area contributed by atoms with Crippen molar-refractivity contribution in [3.05, 3.63) is 35.4 Å². The van der Waals surface area contributed by atoms with Crippen LogP contribution in [0, 0.1) is 11.3 Å². The van der Waals surface area contributed by atoms with Crippen LogP contribution < -0.4 is 0 Å². The lowest BCUT2D eigenvalue weighted by Gasteiger charge is -2.04. The van der Waals surface area contributed by atoms with Crippen molar-refractivity contribution in [1.82, 2.24) is 0 Å². The number of hydrogen-bond donors (Lipinski definition) is 0. The number of benzene rings is 1. The number of nitrogens with zero attached hydrogens (tertiary/aromatic N) is 1. The average molecular weight is 310 g/mol. The minimum absolute atomic E-state index is 0.233. The number of nitriles is 1. The highest BCUT2D eigenvalue weighted by molar-refractivity contribution is 9.09. The van der Waals surface area contributed by atoms with E-state index in [0.29, 0.717) is 30.5 Å². The van der Waals surface area contributed by atoms with Crippen LogP contribution in [0.15, 0.2) is 24.3 Å². The molecule has 3 nitrogen and oxygen atoms in total. The van der Waals surface area contributed by atoms with Crippen molar-refractivity contribution in [2.75, 3.05) is 11.9 Å². The summed E-state index contributed by atoms with van der Waals surface area (Å²) in [6, 6.07) is 9.49. The van der Waals surface area contributed by atoms with Gasteiger partial charge in [0.25, 0.3) is 0 Å². The van der Waals surface area contributed by atoms with Crippen LogP contribution in [-0.2, 0) is 16.1 Å². The number of halogens is 1. The number of Topliss-reactive ketones (excluding diaryl/α,β-unsaturated/α-hetero) is 1. The summed E-state index contributed by atoms with van der Waals surface area (Å²) in [6.07, 6.45) is 2.36. The summed E-state index contributed by atoms with van der Waals surface area (Å²) in [5, 5.41) is 9.19. The lowest BCUT2D eigenvalue weighted by Crippen LogP contribution is -2.00. The summed E-state index contributed by atoms with van der Waals surface area (Å²) >= 11 is 3.13.